The monoisotopic (exact) mass is 232 g/mol. The number of aryl methyl sites for hydroxylation is 1. The van der Waals surface area contributed by atoms with Crippen LogP contribution in [0.15, 0.2) is 12.3 Å². The Morgan fingerprint density at radius 1 is 1.47 bits per heavy atom. The third-order valence-electron chi connectivity index (χ3n) is 3.99. The summed E-state index contributed by atoms with van der Waals surface area (Å²) in [6.45, 7) is 6.50. The van der Waals surface area contributed by atoms with Crippen molar-refractivity contribution >= 4 is 0 Å². The molecule has 2 atom stereocenters. The second-order valence-electron chi connectivity index (χ2n) is 5.19. The summed E-state index contributed by atoms with van der Waals surface area (Å²) in [5.74, 6) is 1.73. The molecule has 1 aromatic heterocycles. The molecule has 2 unspecified atom stereocenters. The van der Waals surface area contributed by atoms with Gasteiger partial charge in [0.1, 0.15) is 5.82 Å². The Balaban J connectivity index is 1.71. The second-order valence-corrected chi connectivity index (χ2v) is 5.19. The van der Waals surface area contributed by atoms with Crippen LogP contribution in [0.1, 0.15) is 24.4 Å². The Morgan fingerprint density at radius 2 is 2.41 bits per heavy atom. The first-order valence-corrected chi connectivity index (χ1v) is 6.56. The number of likely N-dealkylation sites (tertiary alicyclic amines) is 1. The SMILES string of the molecule is Cc1nccc(CN2CCCC3CNCC32)n1. The van der Waals surface area contributed by atoms with Gasteiger partial charge in [-0.25, -0.2) is 9.97 Å². The molecule has 0 saturated carbocycles. The lowest BCUT2D eigenvalue weighted by Gasteiger charge is -2.36. The second kappa shape index (κ2) is 4.70. The molecule has 0 aliphatic carbocycles. The fourth-order valence-corrected chi connectivity index (χ4v) is 3.16. The van der Waals surface area contributed by atoms with Crippen molar-refractivity contribution in [1.29, 1.82) is 0 Å². The first-order chi connectivity index (χ1) is 8.33. The van der Waals surface area contributed by atoms with Crippen molar-refractivity contribution in [3.05, 3.63) is 23.8 Å². The zero-order valence-corrected chi connectivity index (χ0v) is 10.4. The summed E-state index contributed by atoms with van der Waals surface area (Å²) in [6.07, 6.45) is 4.58. The summed E-state index contributed by atoms with van der Waals surface area (Å²) in [7, 11) is 0. The molecule has 2 saturated heterocycles. The van der Waals surface area contributed by atoms with E-state index in [1.165, 1.54) is 25.9 Å². The molecule has 4 heteroatoms. The van der Waals surface area contributed by atoms with Crippen molar-refractivity contribution < 1.29 is 0 Å². The molecule has 0 spiro atoms. The van der Waals surface area contributed by atoms with Gasteiger partial charge in [-0.3, -0.25) is 4.90 Å². The summed E-state index contributed by atoms with van der Waals surface area (Å²) >= 11 is 0. The van der Waals surface area contributed by atoms with Crippen molar-refractivity contribution in [2.24, 2.45) is 5.92 Å². The first kappa shape index (κ1) is 11.1. The Labute approximate surface area is 102 Å². The maximum Gasteiger partial charge on any atom is 0.125 e. The number of hydrogen-bond donors (Lipinski definition) is 1. The van der Waals surface area contributed by atoms with Crippen molar-refractivity contribution in [3.8, 4) is 0 Å². The number of rotatable bonds is 2. The molecule has 4 nitrogen and oxygen atoms in total. The quantitative estimate of drug-likeness (QED) is 0.825. The van der Waals surface area contributed by atoms with Gasteiger partial charge in [-0.15, -0.1) is 0 Å². The highest BCUT2D eigenvalue weighted by Crippen LogP contribution is 2.27. The van der Waals surface area contributed by atoms with E-state index < -0.39 is 0 Å². The van der Waals surface area contributed by atoms with E-state index in [-0.39, 0.29) is 0 Å². The van der Waals surface area contributed by atoms with Gasteiger partial charge in [-0.2, -0.15) is 0 Å². The van der Waals surface area contributed by atoms with Crippen molar-refractivity contribution in [2.45, 2.75) is 32.4 Å². The molecule has 0 aromatic carbocycles. The smallest absolute Gasteiger partial charge is 0.125 e. The molecular formula is C13H20N4. The van der Waals surface area contributed by atoms with E-state index in [1.807, 2.05) is 19.2 Å². The highest BCUT2D eigenvalue weighted by Gasteiger charge is 2.34. The Kier molecular flexibility index (Phi) is 3.07. The molecule has 1 aromatic rings. The van der Waals surface area contributed by atoms with Crippen LogP contribution in [0.5, 0.6) is 0 Å². The lowest BCUT2D eigenvalue weighted by Crippen LogP contribution is -2.44. The molecule has 0 bridgehead atoms. The molecule has 0 amide bonds. The highest BCUT2D eigenvalue weighted by atomic mass is 15.2. The number of fused-ring (bicyclic) bond motifs is 1. The van der Waals surface area contributed by atoms with Gasteiger partial charge >= 0.3 is 0 Å². The summed E-state index contributed by atoms with van der Waals surface area (Å²) < 4.78 is 0. The van der Waals surface area contributed by atoms with E-state index in [1.54, 1.807) is 0 Å². The average Bonchev–Trinajstić information content (AvgIpc) is 2.78. The molecule has 3 rings (SSSR count). The number of aromatic nitrogens is 2. The topological polar surface area (TPSA) is 41.1 Å². The normalized spacial score (nSPS) is 29.2. The van der Waals surface area contributed by atoms with Gasteiger partial charge in [0, 0.05) is 25.3 Å². The van der Waals surface area contributed by atoms with Crippen molar-refractivity contribution in [1.82, 2.24) is 20.2 Å². The van der Waals surface area contributed by atoms with Crippen LogP contribution in [0.4, 0.5) is 0 Å². The molecule has 2 fully saturated rings. The molecule has 1 N–H and O–H groups in total. The average molecular weight is 232 g/mol. The van der Waals surface area contributed by atoms with Crippen molar-refractivity contribution in [2.75, 3.05) is 19.6 Å². The fourth-order valence-electron chi connectivity index (χ4n) is 3.16. The lowest BCUT2D eigenvalue weighted by molar-refractivity contribution is 0.116. The van der Waals surface area contributed by atoms with E-state index in [0.29, 0.717) is 0 Å². The third kappa shape index (κ3) is 2.33. The van der Waals surface area contributed by atoms with E-state index in [0.717, 1.165) is 36.6 Å². The minimum absolute atomic E-state index is 0.721. The van der Waals surface area contributed by atoms with E-state index in [9.17, 15) is 0 Å². The van der Waals surface area contributed by atoms with Crippen LogP contribution >= 0.6 is 0 Å². The number of piperidine rings is 1. The molecular weight excluding hydrogens is 212 g/mol. The summed E-state index contributed by atoms with van der Waals surface area (Å²) in [4.78, 5) is 11.3. The molecule has 0 radical (unpaired) electrons. The zero-order valence-electron chi connectivity index (χ0n) is 10.4. The van der Waals surface area contributed by atoms with E-state index in [2.05, 4.69) is 20.2 Å². The van der Waals surface area contributed by atoms with Gasteiger partial charge in [0.15, 0.2) is 0 Å². The van der Waals surface area contributed by atoms with Crippen LogP contribution in [0.2, 0.25) is 0 Å². The molecule has 92 valence electrons. The van der Waals surface area contributed by atoms with E-state index in [4.69, 9.17) is 0 Å². The summed E-state index contributed by atoms with van der Waals surface area (Å²) in [6, 6.07) is 2.76. The Morgan fingerprint density at radius 3 is 3.29 bits per heavy atom. The maximum atomic E-state index is 4.51. The predicted octanol–water partition coefficient (Wildman–Crippen LogP) is 0.969. The maximum absolute atomic E-state index is 4.51. The van der Waals surface area contributed by atoms with Gasteiger partial charge in [-0.1, -0.05) is 0 Å². The van der Waals surface area contributed by atoms with Gasteiger partial charge in [0.2, 0.25) is 0 Å². The van der Waals surface area contributed by atoms with Crippen LogP contribution in [-0.2, 0) is 6.54 Å². The van der Waals surface area contributed by atoms with Crippen molar-refractivity contribution in [3.63, 3.8) is 0 Å². The number of nitrogens with one attached hydrogen (secondary N) is 1. The highest BCUT2D eigenvalue weighted by molar-refractivity contribution is 5.03. The minimum atomic E-state index is 0.721. The van der Waals surface area contributed by atoms with Gasteiger partial charge < -0.3 is 5.32 Å². The predicted molar refractivity (Wildman–Crippen MR) is 66.6 cm³/mol. The summed E-state index contributed by atoms with van der Waals surface area (Å²) in [5.41, 5.74) is 1.16. The first-order valence-electron chi connectivity index (χ1n) is 6.56. The third-order valence-corrected chi connectivity index (χ3v) is 3.99. The minimum Gasteiger partial charge on any atom is -0.315 e. The Bertz CT molecular complexity index is 393. The summed E-state index contributed by atoms with van der Waals surface area (Å²) in [5, 5.41) is 3.52. The standard InChI is InChI=1S/C13H20N4/c1-10-15-5-4-12(16-10)9-17-6-2-3-11-7-14-8-13(11)17/h4-5,11,13-14H,2-3,6-9H2,1H3. The van der Waals surface area contributed by atoms with Crippen LogP contribution in [-0.4, -0.2) is 40.5 Å². The number of nitrogens with zero attached hydrogens (tertiary/aromatic N) is 3. The molecule has 2 aliphatic heterocycles. The molecule has 17 heavy (non-hydrogen) atoms. The van der Waals surface area contributed by atoms with Gasteiger partial charge in [0.25, 0.3) is 0 Å². The molecule has 3 heterocycles. The largest absolute Gasteiger partial charge is 0.315 e. The zero-order chi connectivity index (χ0) is 11.7. The lowest BCUT2D eigenvalue weighted by atomic mass is 9.92. The van der Waals surface area contributed by atoms with Crippen LogP contribution < -0.4 is 5.32 Å². The fraction of sp³-hybridized carbons (Fsp3) is 0.692. The molecule has 2 aliphatic rings. The van der Waals surface area contributed by atoms with Gasteiger partial charge in [0.05, 0.1) is 5.69 Å². The number of hydrogen-bond acceptors (Lipinski definition) is 4. The van der Waals surface area contributed by atoms with Gasteiger partial charge in [-0.05, 0) is 44.8 Å². The van der Waals surface area contributed by atoms with Crippen LogP contribution in [0.3, 0.4) is 0 Å². The Hall–Kier alpha value is -1.00. The van der Waals surface area contributed by atoms with Crippen LogP contribution in [0.25, 0.3) is 0 Å². The van der Waals surface area contributed by atoms with E-state index >= 15 is 0 Å². The van der Waals surface area contributed by atoms with Crippen LogP contribution in [0, 0.1) is 12.8 Å².